The first-order valence-corrected chi connectivity index (χ1v) is 15.4. The molecule has 0 aliphatic carbocycles. The van der Waals surface area contributed by atoms with Gasteiger partial charge in [-0.25, -0.2) is 0 Å². The largest absolute Gasteiger partial charge is 0.465 e. The summed E-state index contributed by atoms with van der Waals surface area (Å²) in [5.74, 6) is -3.32. The van der Waals surface area contributed by atoms with E-state index in [1.54, 1.807) is 24.0 Å². The predicted octanol–water partition coefficient (Wildman–Crippen LogP) is 4.41. The van der Waals surface area contributed by atoms with Crippen molar-refractivity contribution in [3.8, 4) is 0 Å². The first-order valence-electron chi connectivity index (χ1n) is 15.0. The first kappa shape index (κ1) is 29.6. The van der Waals surface area contributed by atoms with Crippen molar-refractivity contribution in [1.82, 2.24) is 4.90 Å². The molecule has 6 rings (SSSR count). The van der Waals surface area contributed by atoms with Crippen molar-refractivity contribution in [2.75, 3.05) is 24.7 Å². The van der Waals surface area contributed by atoms with Crippen molar-refractivity contribution in [3.63, 3.8) is 0 Å². The molecule has 4 heterocycles. The van der Waals surface area contributed by atoms with Crippen molar-refractivity contribution >= 4 is 35.1 Å². The number of esters is 1. The zero-order valence-corrected chi connectivity index (χ0v) is 25.2. The van der Waals surface area contributed by atoms with Gasteiger partial charge in [-0.3, -0.25) is 14.4 Å². The van der Waals surface area contributed by atoms with Crippen molar-refractivity contribution in [3.05, 3.63) is 89.0 Å². The Hall–Kier alpha value is -3.46. The summed E-state index contributed by atoms with van der Waals surface area (Å²) in [7, 11) is 0. The SMILES string of the molecule is Cc1cccc(Cl)c1N1CC=C[C@]23O[C@]4(C)/C=C\CCCCOC(=O)[C@@H]4[C@H]2C(=O)N([C@@H](CO)Cc2ccccc2)C3C1=O. The highest BCUT2D eigenvalue weighted by Crippen LogP contribution is 2.58. The van der Waals surface area contributed by atoms with E-state index in [4.69, 9.17) is 21.1 Å². The van der Waals surface area contributed by atoms with Crippen molar-refractivity contribution < 1.29 is 29.0 Å². The third-order valence-electron chi connectivity index (χ3n) is 9.31. The zero-order valence-electron chi connectivity index (χ0n) is 24.4. The molecule has 0 bridgehead atoms. The van der Waals surface area contributed by atoms with Crippen LogP contribution in [0.4, 0.5) is 5.69 Å². The molecular weight excluding hydrogens is 568 g/mol. The van der Waals surface area contributed by atoms with Crippen LogP contribution in [-0.4, -0.2) is 70.8 Å². The number of nitrogens with zero attached hydrogens (tertiary/aromatic N) is 2. The Kier molecular flexibility index (Phi) is 7.96. The normalized spacial score (nSPS) is 32.0. The number of rotatable bonds is 5. The van der Waals surface area contributed by atoms with Gasteiger partial charge in [-0.1, -0.05) is 78.4 Å². The summed E-state index contributed by atoms with van der Waals surface area (Å²) in [6, 6.07) is 13.1. The minimum absolute atomic E-state index is 0.198. The summed E-state index contributed by atoms with van der Waals surface area (Å²) in [6.45, 7) is 3.75. The van der Waals surface area contributed by atoms with Gasteiger partial charge in [0.25, 0.3) is 5.91 Å². The molecule has 0 radical (unpaired) electrons. The molecule has 226 valence electrons. The van der Waals surface area contributed by atoms with Crippen LogP contribution in [0.25, 0.3) is 0 Å². The van der Waals surface area contributed by atoms with E-state index in [2.05, 4.69) is 0 Å². The maximum atomic E-state index is 14.9. The topological polar surface area (TPSA) is 96.4 Å². The van der Waals surface area contributed by atoms with Gasteiger partial charge in [0.2, 0.25) is 5.91 Å². The zero-order chi connectivity index (χ0) is 30.4. The number of carbonyl (C=O) groups excluding carboxylic acids is 3. The number of anilines is 1. The van der Waals surface area contributed by atoms with Crippen LogP contribution in [0.5, 0.6) is 0 Å². The molecule has 9 heteroatoms. The number of ether oxygens (including phenoxy) is 2. The molecule has 1 unspecified atom stereocenters. The van der Waals surface area contributed by atoms with Crippen molar-refractivity contribution in [2.45, 2.75) is 62.8 Å². The second-order valence-electron chi connectivity index (χ2n) is 12.1. The fourth-order valence-corrected chi connectivity index (χ4v) is 7.76. The number of aliphatic hydroxyl groups excluding tert-OH is 1. The number of likely N-dealkylation sites (tertiary alicyclic amines) is 1. The summed E-state index contributed by atoms with van der Waals surface area (Å²) in [4.78, 5) is 46.4. The molecule has 2 amide bonds. The molecular formula is C34H37ClN2O6. The van der Waals surface area contributed by atoms with Gasteiger partial charge in [-0.2, -0.15) is 0 Å². The Bertz CT molecular complexity index is 1460. The highest BCUT2D eigenvalue weighted by Gasteiger charge is 2.75. The highest BCUT2D eigenvalue weighted by atomic mass is 35.5. The van der Waals surface area contributed by atoms with Gasteiger partial charge in [0.15, 0.2) is 0 Å². The number of hydrogen-bond acceptors (Lipinski definition) is 6. The summed E-state index contributed by atoms with van der Waals surface area (Å²) in [6.07, 6.45) is 10.1. The Balaban J connectivity index is 1.52. The van der Waals surface area contributed by atoms with E-state index in [1.807, 2.05) is 67.6 Å². The van der Waals surface area contributed by atoms with Crippen molar-refractivity contribution in [1.29, 1.82) is 0 Å². The first-order chi connectivity index (χ1) is 20.7. The van der Waals surface area contributed by atoms with Crippen LogP contribution in [0, 0.1) is 18.8 Å². The Labute approximate surface area is 256 Å². The Morgan fingerprint density at radius 3 is 2.53 bits per heavy atom. The number of hydrogen-bond donors (Lipinski definition) is 1. The van der Waals surface area contributed by atoms with Crippen LogP contribution in [-0.2, 0) is 30.3 Å². The number of halogens is 1. The van der Waals surface area contributed by atoms with Crippen molar-refractivity contribution in [2.24, 2.45) is 11.8 Å². The number of aryl methyl sites for hydroxylation is 1. The number of amides is 2. The Morgan fingerprint density at radius 1 is 1.00 bits per heavy atom. The lowest BCUT2D eigenvalue weighted by Gasteiger charge is -2.40. The summed E-state index contributed by atoms with van der Waals surface area (Å²) >= 11 is 6.66. The maximum Gasteiger partial charge on any atom is 0.313 e. The van der Waals surface area contributed by atoms with Crippen LogP contribution in [0.3, 0.4) is 0 Å². The molecule has 1 spiro atoms. The summed E-state index contributed by atoms with van der Waals surface area (Å²) in [5, 5.41) is 11.1. The predicted molar refractivity (Wildman–Crippen MR) is 162 cm³/mol. The average molecular weight is 605 g/mol. The maximum absolute atomic E-state index is 14.9. The van der Waals surface area contributed by atoms with Gasteiger partial charge in [0.05, 0.1) is 41.5 Å². The van der Waals surface area contributed by atoms with Gasteiger partial charge in [-0.15, -0.1) is 0 Å². The van der Waals surface area contributed by atoms with Crippen LogP contribution in [0.15, 0.2) is 72.8 Å². The van der Waals surface area contributed by atoms with Gasteiger partial charge < -0.3 is 24.4 Å². The molecule has 2 aromatic carbocycles. The molecule has 4 aliphatic rings. The number of aliphatic hydroxyl groups is 1. The molecule has 43 heavy (non-hydrogen) atoms. The van der Waals surface area contributed by atoms with Gasteiger partial charge in [-0.05, 0) is 56.7 Å². The minimum Gasteiger partial charge on any atom is -0.465 e. The summed E-state index contributed by atoms with van der Waals surface area (Å²) in [5.41, 5.74) is -0.395. The van der Waals surface area contributed by atoms with E-state index in [9.17, 15) is 19.5 Å². The molecule has 2 aromatic rings. The number of para-hydroxylation sites is 1. The fraction of sp³-hybridized carbons (Fsp3) is 0.441. The molecule has 0 aromatic heterocycles. The number of fused-ring (bicyclic) bond motifs is 2. The minimum atomic E-state index is -1.47. The van der Waals surface area contributed by atoms with E-state index < -0.39 is 47.0 Å². The molecule has 2 saturated heterocycles. The van der Waals surface area contributed by atoms with Gasteiger partial charge in [0.1, 0.15) is 17.6 Å². The number of carbonyl (C=O) groups is 3. The quantitative estimate of drug-likeness (QED) is 0.401. The van der Waals surface area contributed by atoms with Crippen LogP contribution < -0.4 is 4.90 Å². The lowest BCUT2D eigenvalue weighted by Crippen LogP contribution is -2.59. The lowest BCUT2D eigenvalue weighted by molar-refractivity contribution is -0.160. The lowest BCUT2D eigenvalue weighted by atomic mass is 9.74. The van der Waals surface area contributed by atoms with Crippen LogP contribution in [0.2, 0.25) is 5.02 Å². The molecule has 4 aliphatic heterocycles. The van der Waals surface area contributed by atoms with E-state index >= 15 is 0 Å². The van der Waals surface area contributed by atoms with E-state index in [0.29, 0.717) is 23.6 Å². The molecule has 8 nitrogen and oxygen atoms in total. The number of cyclic esters (lactones) is 1. The van der Waals surface area contributed by atoms with Gasteiger partial charge >= 0.3 is 5.97 Å². The van der Waals surface area contributed by atoms with E-state index in [0.717, 1.165) is 24.0 Å². The monoisotopic (exact) mass is 604 g/mol. The second-order valence-corrected chi connectivity index (χ2v) is 12.5. The molecule has 2 fully saturated rings. The fourth-order valence-electron chi connectivity index (χ4n) is 7.43. The van der Waals surface area contributed by atoms with Gasteiger partial charge in [0, 0.05) is 6.54 Å². The Morgan fingerprint density at radius 2 is 1.79 bits per heavy atom. The average Bonchev–Trinajstić information content (AvgIpc) is 3.32. The highest BCUT2D eigenvalue weighted by molar-refractivity contribution is 6.34. The standard InChI is InChI=1S/C34H37ClN2O6/c1-22-12-10-15-25(35)28(22)36-18-11-17-34-26(27-32(41)42-19-9-4-3-8-16-33(27,2)43-34)30(39)37(29(34)31(36)40)24(21-38)20-23-13-6-5-7-14-23/h5-8,10-17,24,26-27,29,38H,3-4,9,18-21H2,1-2H3/b16-8-/t24-,26+,27+,29?,33-,34+/m1/s1. The van der Waals surface area contributed by atoms with Crippen LogP contribution >= 0.6 is 11.6 Å². The molecule has 6 atom stereocenters. The molecule has 1 N–H and O–H groups in total. The van der Waals surface area contributed by atoms with E-state index in [-0.39, 0.29) is 25.7 Å². The van der Waals surface area contributed by atoms with E-state index in [1.165, 1.54) is 4.90 Å². The number of allylic oxidation sites excluding steroid dienone is 1. The third kappa shape index (κ3) is 4.89. The van der Waals surface area contributed by atoms with Crippen LogP contribution in [0.1, 0.15) is 37.3 Å². The summed E-state index contributed by atoms with van der Waals surface area (Å²) < 4.78 is 12.6. The second kappa shape index (κ2) is 11.6. The molecule has 0 saturated carbocycles. The third-order valence-corrected chi connectivity index (χ3v) is 9.62. The number of benzene rings is 2. The smallest absolute Gasteiger partial charge is 0.313 e.